The third-order valence-electron chi connectivity index (χ3n) is 5.76. The van der Waals surface area contributed by atoms with Gasteiger partial charge in [0.25, 0.3) is 11.6 Å². The summed E-state index contributed by atoms with van der Waals surface area (Å²) in [6.07, 6.45) is 3.35. The molecule has 2 N–H and O–H groups in total. The number of benzene rings is 4. The molecule has 0 unspecified atom stereocenters. The predicted molar refractivity (Wildman–Crippen MR) is 153 cm³/mol. The maximum atomic E-state index is 12.6. The van der Waals surface area contributed by atoms with Crippen molar-refractivity contribution in [2.24, 2.45) is 5.10 Å². The van der Waals surface area contributed by atoms with Crippen LogP contribution in [0.25, 0.3) is 16.9 Å². The summed E-state index contributed by atoms with van der Waals surface area (Å²) in [5.41, 5.74) is 6.34. The number of aromatic nitrogens is 2. The van der Waals surface area contributed by atoms with Crippen molar-refractivity contribution in [2.45, 2.75) is 0 Å². The lowest BCUT2D eigenvalue weighted by Gasteiger charge is -2.07. The van der Waals surface area contributed by atoms with Crippen LogP contribution >= 0.6 is 11.6 Å². The number of anilines is 2. The van der Waals surface area contributed by atoms with Crippen molar-refractivity contribution in [3.05, 3.63) is 136 Å². The Hall–Kier alpha value is -5.28. The Labute approximate surface area is 228 Å². The van der Waals surface area contributed by atoms with Crippen molar-refractivity contribution in [2.75, 3.05) is 10.7 Å². The molecule has 1 aromatic heterocycles. The molecule has 9 nitrogen and oxygen atoms in total. The minimum Gasteiger partial charge on any atom is -0.322 e. The second kappa shape index (κ2) is 11.4. The molecule has 4 aromatic carbocycles. The highest BCUT2D eigenvalue weighted by Gasteiger charge is 2.18. The molecule has 0 bridgehead atoms. The number of carbonyl (C=O) groups excluding carboxylic acids is 1. The van der Waals surface area contributed by atoms with Gasteiger partial charge in [-0.2, -0.15) is 10.2 Å². The molecule has 0 radical (unpaired) electrons. The molecule has 0 atom stereocenters. The summed E-state index contributed by atoms with van der Waals surface area (Å²) in [7, 11) is 0. The van der Waals surface area contributed by atoms with Gasteiger partial charge in [-0.25, -0.2) is 4.68 Å². The molecule has 1 amide bonds. The smallest absolute Gasteiger partial charge is 0.294 e. The molecular weight excluding hydrogens is 516 g/mol. The van der Waals surface area contributed by atoms with Gasteiger partial charge in [-0.05, 0) is 48.5 Å². The van der Waals surface area contributed by atoms with Crippen molar-refractivity contribution in [3.63, 3.8) is 0 Å². The fourth-order valence-electron chi connectivity index (χ4n) is 3.84. The van der Waals surface area contributed by atoms with Crippen LogP contribution in [-0.4, -0.2) is 26.8 Å². The summed E-state index contributed by atoms with van der Waals surface area (Å²) in [6.45, 7) is 0. The molecule has 0 fully saturated rings. The van der Waals surface area contributed by atoms with E-state index >= 15 is 0 Å². The molecule has 0 aliphatic heterocycles. The Morgan fingerprint density at radius 1 is 0.949 bits per heavy atom. The van der Waals surface area contributed by atoms with Gasteiger partial charge in [-0.3, -0.25) is 20.3 Å². The summed E-state index contributed by atoms with van der Waals surface area (Å²) in [6, 6.07) is 29.9. The fraction of sp³-hybridized carbons (Fsp3) is 0. The average molecular weight is 537 g/mol. The maximum Gasteiger partial charge on any atom is 0.294 e. The Balaban J connectivity index is 1.41. The summed E-state index contributed by atoms with van der Waals surface area (Å²) in [4.78, 5) is 23.8. The predicted octanol–water partition coefficient (Wildman–Crippen LogP) is 6.80. The second-order valence-electron chi connectivity index (χ2n) is 8.40. The van der Waals surface area contributed by atoms with Gasteiger partial charge in [0.2, 0.25) is 0 Å². The highest BCUT2D eigenvalue weighted by atomic mass is 35.5. The number of hydrogen-bond donors (Lipinski definition) is 2. The number of nitrogens with zero attached hydrogens (tertiary/aromatic N) is 4. The number of nitro groups is 1. The number of rotatable bonds is 8. The molecule has 0 saturated heterocycles. The number of nitrogens with one attached hydrogen (secondary N) is 2. The van der Waals surface area contributed by atoms with Gasteiger partial charge in [-0.1, -0.05) is 60.1 Å². The number of hydrazone groups is 1. The lowest BCUT2D eigenvalue weighted by atomic mass is 10.1. The summed E-state index contributed by atoms with van der Waals surface area (Å²) < 4.78 is 1.73. The number of carbonyl (C=O) groups is 1. The fourth-order valence-corrected chi connectivity index (χ4v) is 3.97. The minimum atomic E-state index is -0.566. The Kier molecular flexibility index (Phi) is 7.42. The van der Waals surface area contributed by atoms with Crippen LogP contribution in [-0.2, 0) is 0 Å². The van der Waals surface area contributed by atoms with E-state index < -0.39 is 10.8 Å². The van der Waals surface area contributed by atoms with E-state index in [2.05, 4.69) is 15.8 Å². The minimum absolute atomic E-state index is 0.135. The first-order valence-electron chi connectivity index (χ1n) is 11.8. The Bertz CT molecular complexity index is 1650. The first kappa shape index (κ1) is 25.4. The SMILES string of the molecule is O=C(Nc1ccccc1)c1ccc(N/N=C/c2cn(-c3ccccc3)nc2-c2ccc(Cl)cc2)c([N+](=O)[O-])c1. The third kappa shape index (κ3) is 6.00. The van der Waals surface area contributed by atoms with Crippen molar-refractivity contribution < 1.29 is 9.72 Å². The van der Waals surface area contributed by atoms with Gasteiger partial charge in [0, 0.05) is 39.7 Å². The number of para-hydroxylation sites is 2. The van der Waals surface area contributed by atoms with Crippen LogP contribution in [0.2, 0.25) is 5.02 Å². The topological polar surface area (TPSA) is 114 Å². The average Bonchev–Trinajstić information content (AvgIpc) is 3.38. The quantitative estimate of drug-likeness (QED) is 0.128. The highest BCUT2D eigenvalue weighted by Crippen LogP contribution is 2.27. The zero-order chi connectivity index (χ0) is 27.2. The normalized spacial score (nSPS) is 10.9. The van der Waals surface area contributed by atoms with Gasteiger partial charge in [0.1, 0.15) is 11.4 Å². The van der Waals surface area contributed by atoms with Crippen LogP contribution < -0.4 is 10.7 Å². The molecular formula is C29H21ClN6O3. The third-order valence-corrected chi connectivity index (χ3v) is 6.01. The van der Waals surface area contributed by atoms with Gasteiger partial charge in [0.15, 0.2) is 0 Å². The van der Waals surface area contributed by atoms with E-state index in [0.29, 0.717) is 22.0 Å². The highest BCUT2D eigenvalue weighted by molar-refractivity contribution is 6.30. The molecule has 39 heavy (non-hydrogen) atoms. The van der Waals surface area contributed by atoms with E-state index in [4.69, 9.17) is 16.7 Å². The van der Waals surface area contributed by atoms with Crippen LogP contribution in [0.3, 0.4) is 0 Å². The lowest BCUT2D eigenvalue weighted by Crippen LogP contribution is -2.12. The number of hydrogen-bond acceptors (Lipinski definition) is 6. The van der Waals surface area contributed by atoms with E-state index in [1.165, 1.54) is 24.4 Å². The number of halogens is 1. The molecule has 5 rings (SSSR count). The molecule has 1 heterocycles. The largest absolute Gasteiger partial charge is 0.322 e. The second-order valence-corrected chi connectivity index (χ2v) is 8.84. The lowest BCUT2D eigenvalue weighted by molar-refractivity contribution is -0.384. The summed E-state index contributed by atoms with van der Waals surface area (Å²) in [5, 5.41) is 24.1. The van der Waals surface area contributed by atoms with E-state index in [-0.39, 0.29) is 16.9 Å². The van der Waals surface area contributed by atoms with Crippen LogP contribution in [0.4, 0.5) is 17.1 Å². The Morgan fingerprint density at radius 2 is 1.64 bits per heavy atom. The zero-order valence-electron chi connectivity index (χ0n) is 20.4. The van der Waals surface area contributed by atoms with Crippen LogP contribution in [0.15, 0.2) is 114 Å². The first-order valence-corrected chi connectivity index (χ1v) is 12.2. The van der Waals surface area contributed by atoms with Gasteiger partial charge in [-0.15, -0.1) is 0 Å². The molecule has 0 aliphatic carbocycles. The standard InChI is InChI=1S/C29H21ClN6O3/c30-23-14-11-20(12-15-23)28-22(19-35(34-28)25-9-5-2-6-10-25)18-31-33-26-16-13-21(17-27(26)36(38)39)29(37)32-24-7-3-1-4-8-24/h1-19,33H,(H,32,37)/b31-18+. The van der Waals surface area contributed by atoms with E-state index in [1.807, 2.05) is 54.7 Å². The number of amides is 1. The van der Waals surface area contributed by atoms with Crippen LogP contribution in [0.1, 0.15) is 15.9 Å². The summed E-state index contributed by atoms with van der Waals surface area (Å²) in [5.74, 6) is -0.458. The van der Waals surface area contributed by atoms with E-state index in [9.17, 15) is 14.9 Å². The molecule has 192 valence electrons. The first-order chi connectivity index (χ1) is 19.0. The molecule has 5 aromatic rings. The maximum absolute atomic E-state index is 12.6. The van der Waals surface area contributed by atoms with E-state index in [0.717, 1.165) is 11.3 Å². The molecule has 0 aliphatic rings. The Morgan fingerprint density at radius 3 is 2.33 bits per heavy atom. The van der Waals surface area contributed by atoms with Gasteiger partial charge in [0.05, 0.1) is 16.8 Å². The van der Waals surface area contributed by atoms with Crippen molar-refractivity contribution in [1.29, 1.82) is 0 Å². The number of nitro benzene ring substituents is 1. The van der Waals surface area contributed by atoms with Gasteiger partial charge >= 0.3 is 0 Å². The van der Waals surface area contributed by atoms with E-state index in [1.54, 1.807) is 41.1 Å². The van der Waals surface area contributed by atoms with Crippen LogP contribution in [0, 0.1) is 10.1 Å². The van der Waals surface area contributed by atoms with Gasteiger partial charge < -0.3 is 5.32 Å². The molecule has 0 saturated carbocycles. The van der Waals surface area contributed by atoms with Crippen molar-refractivity contribution >= 4 is 40.8 Å². The molecule has 10 heteroatoms. The van der Waals surface area contributed by atoms with Crippen molar-refractivity contribution in [3.8, 4) is 16.9 Å². The monoisotopic (exact) mass is 536 g/mol. The molecule has 0 spiro atoms. The summed E-state index contributed by atoms with van der Waals surface area (Å²) >= 11 is 6.06. The van der Waals surface area contributed by atoms with Crippen molar-refractivity contribution in [1.82, 2.24) is 9.78 Å². The zero-order valence-corrected chi connectivity index (χ0v) is 21.1. The van der Waals surface area contributed by atoms with Crippen LogP contribution in [0.5, 0.6) is 0 Å².